The molecular weight excluding hydrogens is 354 g/mol. The van der Waals surface area contributed by atoms with Crippen LogP contribution in [0.25, 0.3) is 0 Å². The Morgan fingerprint density at radius 2 is 1.88 bits per heavy atom. The van der Waals surface area contributed by atoms with Gasteiger partial charge in [-0.05, 0) is 36.4 Å². The quantitative estimate of drug-likeness (QED) is 0.537. The Hall–Kier alpha value is -2.26. The SMILES string of the molecule is CC(=O)NC(=N)SC(=N)N1CCN(C(C)c2ccc3c(c2)OCO3)CC1. The van der Waals surface area contributed by atoms with Crippen LogP contribution in [0.5, 0.6) is 11.5 Å². The fourth-order valence-corrected chi connectivity index (χ4v) is 3.74. The Morgan fingerprint density at radius 1 is 1.19 bits per heavy atom. The van der Waals surface area contributed by atoms with Gasteiger partial charge in [-0.1, -0.05) is 6.07 Å². The molecule has 0 saturated carbocycles. The van der Waals surface area contributed by atoms with E-state index < -0.39 is 0 Å². The van der Waals surface area contributed by atoms with Crippen molar-refractivity contribution in [3.8, 4) is 11.5 Å². The Bertz CT molecular complexity index is 718. The highest BCUT2D eigenvalue weighted by Crippen LogP contribution is 2.35. The molecule has 0 bridgehead atoms. The molecule has 1 atom stereocenters. The lowest BCUT2D eigenvalue weighted by atomic mass is 10.1. The number of amidine groups is 2. The lowest BCUT2D eigenvalue weighted by molar-refractivity contribution is -0.117. The van der Waals surface area contributed by atoms with Gasteiger partial charge >= 0.3 is 0 Å². The van der Waals surface area contributed by atoms with E-state index >= 15 is 0 Å². The van der Waals surface area contributed by atoms with Crippen molar-refractivity contribution in [1.29, 1.82) is 10.8 Å². The summed E-state index contributed by atoms with van der Waals surface area (Å²) in [5.41, 5.74) is 1.18. The van der Waals surface area contributed by atoms with Gasteiger partial charge in [-0.25, -0.2) is 0 Å². The molecule has 1 fully saturated rings. The Morgan fingerprint density at radius 3 is 2.58 bits per heavy atom. The fraction of sp³-hybridized carbons (Fsp3) is 0.471. The van der Waals surface area contributed by atoms with E-state index in [2.05, 4.69) is 23.2 Å². The van der Waals surface area contributed by atoms with E-state index in [1.165, 1.54) is 12.5 Å². The van der Waals surface area contributed by atoms with Gasteiger partial charge in [0, 0.05) is 39.1 Å². The summed E-state index contributed by atoms with van der Waals surface area (Å²) >= 11 is 0.966. The zero-order valence-corrected chi connectivity index (χ0v) is 15.7. The van der Waals surface area contributed by atoms with Crippen LogP contribution in [-0.4, -0.2) is 59.0 Å². The van der Waals surface area contributed by atoms with Gasteiger partial charge in [0.2, 0.25) is 12.7 Å². The molecule has 1 amide bonds. The summed E-state index contributed by atoms with van der Waals surface area (Å²) in [5.74, 6) is 1.29. The van der Waals surface area contributed by atoms with E-state index in [4.69, 9.17) is 20.3 Å². The summed E-state index contributed by atoms with van der Waals surface area (Å²) in [6, 6.07) is 6.29. The van der Waals surface area contributed by atoms with Crippen LogP contribution in [0.3, 0.4) is 0 Å². The molecule has 2 aliphatic rings. The van der Waals surface area contributed by atoms with E-state index in [0.29, 0.717) is 18.3 Å². The first-order valence-electron chi connectivity index (χ1n) is 8.45. The summed E-state index contributed by atoms with van der Waals surface area (Å²) < 4.78 is 10.8. The van der Waals surface area contributed by atoms with E-state index in [1.54, 1.807) is 0 Å². The minimum absolute atomic E-state index is 0.0151. The van der Waals surface area contributed by atoms with Crippen LogP contribution in [0.2, 0.25) is 0 Å². The van der Waals surface area contributed by atoms with Gasteiger partial charge in [0.15, 0.2) is 21.8 Å². The van der Waals surface area contributed by atoms with Gasteiger partial charge in [-0.2, -0.15) is 0 Å². The number of benzene rings is 1. The number of hydrogen-bond donors (Lipinski definition) is 3. The van der Waals surface area contributed by atoms with Crippen molar-refractivity contribution >= 4 is 28.0 Å². The Labute approximate surface area is 156 Å². The van der Waals surface area contributed by atoms with Crippen LogP contribution in [0.15, 0.2) is 18.2 Å². The number of piperazine rings is 1. The highest BCUT2D eigenvalue weighted by molar-refractivity contribution is 8.26. The average molecular weight is 377 g/mol. The third-order valence-corrected chi connectivity index (χ3v) is 5.27. The zero-order valence-electron chi connectivity index (χ0n) is 14.9. The molecule has 9 heteroatoms. The Kier molecular flexibility index (Phi) is 5.67. The molecule has 26 heavy (non-hydrogen) atoms. The first-order chi connectivity index (χ1) is 12.4. The van der Waals surface area contributed by atoms with Crippen molar-refractivity contribution in [1.82, 2.24) is 15.1 Å². The van der Waals surface area contributed by atoms with Crippen molar-refractivity contribution in [3.63, 3.8) is 0 Å². The van der Waals surface area contributed by atoms with Crippen LogP contribution in [0, 0.1) is 10.8 Å². The van der Waals surface area contributed by atoms with Crippen LogP contribution >= 0.6 is 11.8 Å². The van der Waals surface area contributed by atoms with Crippen LogP contribution in [0.4, 0.5) is 0 Å². The van der Waals surface area contributed by atoms with Gasteiger partial charge in [0.1, 0.15) is 0 Å². The number of fused-ring (bicyclic) bond motifs is 1. The van der Waals surface area contributed by atoms with Gasteiger partial charge in [-0.3, -0.25) is 20.5 Å². The average Bonchev–Trinajstić information content (AvgIpc) is 3.08. The molecule has 2 heterocycles. The largest absolute Gasteiger partial charge is 0.454 e. The van der Waals surface area contributed by atoms with Crippen molar-refractivity contribution in [2.45, 2.75) is 19.9 Å². The number of rotatable bonds is 2. The normalized spacial score (nSPS) is 17.7. The topological polar surface area (TPSA) is 102 Å². The maximum Gasteiger partial charge on any atom is 0.231 e. The van der Waals surface area contributed by atoms with Gasteiger partial charge in [-0.15, -0.1) is 0 Å². The number of ether oxygens (including phenoxy) is 2. The predicted octanol–water partition coefficient (Wildman–Crippen LogP) is 1.83. The second-order valence-electron chi connectivity index (χ2n) is 6.23. The summed E-state index contributed by atoms with van der Waals surface area (Å²) in [4.78, 5) is 15.3. The minimum Gasteiger partial charge on any atom is -0.454 e. The van der Waals surface area contributed by atoms with Crippen LogP contribution in [-0.2, 0) is 4.79 Å². The lowest BCUT2D eigenvalue weighted by Crippen LogP contribution is -2.48. The Balaban J connectivity index is 1.52. The van der Waals surface area contributed by atoms with Crippen molar-refractivity contribution < 1.29 is 14.3 Å². The van der Waals surface area contributed by atoms with E-state index in [1.807, 2.05) is 17.0 Å². The number of nitrogens with one attached hydrogen (secondary N) is 3. The summed E-state index contributed by atoms with van der Waals surface area (Å²) in [6.07, 6.45) is 0. The van der Waals surface area contributed by atoms with Crippen molar-refractivity contribution in [2.24, 2.45) is 0 Å². The highest BCUT2D eigenvalue weighted by atomic mass is 32.2. The predicted molar refractivity (Wildman–Crippen MR) is 101 cm³/mol. The van der Waals surface area contributed by atoms with Gasteiger partial charge < -0.3 is 19.7 Å². The maximum absolute atomic E-state index is 11.0. The van der Waals surface area contributed by atoms with E-state index in [9.17, 15) is 4.79 Å². The highest BCUT2D eigenvalue weighted by Gasteiger charge is 2.25. The van der Waals surface area contributed by atoms with Gasteiger partial charge in [0.25, 0.3) is 0 Å². The number of hydrogen-bond acceptors (Lipinski definition) is 7. The number of nitrogens with zero attached hydrogens (tertiary/aromatic N) is 2. The molecule has 0 aliphatic carbocycles. The van der Waals surface area contributed by atoms with Gasteiger partial charge in [0.05, 0.1) is 0 Å². The molecular formula is C17H23N5O3S. The third kappa shape index (κ3) is 4.28. The molecule has 2 aliphatic heterocycles. The van der Waals surface area contributed by atoms with Crippen LogP contribution < -0.4 is 14.8 Å². The minimum atomic E-state index is -0.294. The molecule has 1 unspecified atom stereocenters. The number of amides is 1. The first-order valence-corrected chi connectivity index (χ1v) is 9.27. The molecule has 0 aromatic heterocycles. The molecule has 0 radical (unpaired) electrons. The monoisotopic (exact) mass is 377 g/mol. The summed E-state index contributed by atoms with van der Waals surface area (Å²) in [6.45, 7) is 6.88. The number of carbonyl (C=O) groups excluding carboxylic acids is 1. The standard InChI is InChI=1S/C17H23N5O3S/c1-11(13-3-4-14-15(9-13)25-10-24-14)21-5-7-22(8-6-21)17(19)26-16(18)20-12(2)23/h3-4,9,11,19H,5-8,10H2,1-2H3,(H2,18,20,23). The smallest absolute Gasteiger partial charge is 0.231 e. The van der Waals surface area contributed by atoms with Crippen molar-refractivity contribution in [2.75, 3.05) is 33.0 Å². The molecule has 1 aromatic rings. The number of carbonyl (C=O) groups is 1. The van der Waals surface area contributed by atoms with E-state index in [-0.39, 0.29) is 23.9 Å². The maximum atomic E-state index is 11.0. The lowest BCUT2D eigenvalue weighted by Gasteiger charge is -2.39. The molecule has 140 valence electrons. The molecule has 8 nitrogen and oxygen atoms in total. The second kappa shape index (κ2) is 7.96. The summed E-state index contributed by atoms with van der Waals surface area (Å²) in [5, 5.41) is 18.5. The summed E-state index contributed by atoms with van der Waals surface area (Å²) in [7, 11) is 0. The second-order valence-corrected chi connectivity index (χ2v) is 7.23. The van der Waals surface area contributed by atoms with Crippen LogP contribution in [0.1, 0.15) is 25.5 Å². The zero-order chi connectivity index (χ0) is 18.7. The van der Waals surface area contributed by atoms with Crippen molar-refractivity contribution in [3.05, 3.63) is 23.8 Å². The molecule has 3 rings (SSSR count). The number of thioether (sulfide) groups is 1. The molecule has 1 aromatic carbocycles. The third-order valence-electron chi connectivity index (χ3n) is 4.52. The fourth-order valence-electron chi connectivity index (χ4n) is 3.04. The molecule has 1 saturated heterocycles. The van der Waals surface area contributed by atoms with E-state index in [0.717, 1.165) is 36.4 Å². The molecule has 0 spiro atoms. The first kappa shape index (κ1) is 18.5. The molecule has 3 N–H and O–H groups in total.